The van der Waals surface area contributed by atoms with Gasteiger partial charge in [-0.3, -0.25) is 4.98 Å². The number of hydrogen-bond donors (Lipinski definition) is 0. The first-order valence-corrected chi connectivity index (χ1v) is 10.6. The van der Waals surface area contributed by atoms with Crippen molar-refractivity contribution in [2.75, 3.05) is 0 Å². The first kappa shape index (κ1) is 18.2. The van der Waals surface area contributed by atoms with Crippen LogP contribution in [-0.2, 0) is 5.41 Å². The van der Waals surface area contributed by atoms with Gasteiger partial charge in [0.25, 0.3) is 0 Å². The number of nitrogens with zero attached hydrogens (tertiary/aromatic N) is 1. The molecule has 3 heterocycles. The Morgan fingerprint density at radius 1 is 0.839 bits per heavy atom. The van der Waals surface area contributed by atoms with Crippen LogP contribution in [0.2, 0.25) is 0 Å². The highest BCUT2D eigenvalue weighted by atomic mass is 16.3. The van der Waals surface area contributed by atoms with Crippen LogP contribution in [0.4, 0.5) is 0 Å². The SMILES string of the molecule is Cc1coc2ccc3oc4c(-c5cc(C(C)(C)C)c6ccccc6c5)nccc4c3c12. The quantitative estimate of drug-likeness (QED) is 0.277. The highest BCUT2D eigenvalue weighted by molar-refractivity contribution is 6.20. The molecule has 0 radical (unpaired) electrons. The van der Waals surface area contributed by atoms with E-state index >= 15 is 0 Å². The Morgan fingerprint density at radius 3 is 2.48 bits per heavy atom. The predicted octanol–water partition coefficient (Wildman–Crippen LogP) is 8.15. The van der Waals surface area contributed by atoms with Gasteiger partial charge in [0.15, 0.2) is 5.58 Å². The molecule has 31 heavy (non-hydrogen) atoms. The third-order valence-electron chi connectivity index (χ3n) is 6.22. The van der Waals surface area contributed by atoms with Crippen molar-refractivity contribution in [3.05, 3.63) is 78.2 Å². The molecule has 3 nitrogen and oxygen atoms in total. The van der Waals surface area contributed by atoms with E-state index in [2.05, 4.69) is 64.1 Å². The molecule has 0 bridgehead atoms. The van der Waals surface area contributed by atoms with E-state index in [-0.39, 0.29) is 5.41 Å². The number of furan rings is 2. The lowest BCUT2D eigenvalue weighted by atomic mass is 9.82. The fourth-order valence-corrected chi connectivity index (χ4v) is 4.75. The Morgan fingerprint density at radius 2 is 1.65 bits per heavy atom. The lowest BCUT2D eigenvalue weighted by molar-refractivity contribution is 0.596. The summed E-state index contributed by atoms with van der Waals surface area (Å²) < 4.78 is 12.1. The number of aryl methyl sites for hydroxylation is 1. The van der Waals surface area contributed by atoms with Crippen molar-refractivity contribution in [2.45, 2.75) is 33.1 Å². The Hall–Kier alpha value is -3.59. The zero-order chi connectivity index (χ0) is 21.3. The van der Waals surface area contributed by atoms with Crippen LogP contribution in [-0.4, -0.2) is 4.98 Å². The second-order valence-electron chi connectivity index (χ2n) is 9.36. The Labute approximate surface area is 180 Å². The van der Waals surface area contributed by atoms with E-state index < -0.39 is 0 Å². The molecule has 0 atom stereocenters. The van der Waals surface area contributed by atoms with E-state index in [1.807, 2.05) is 30.7 Å². The summed E-state index contributed by atoms with van der Waals surface area (Å²) in [7, 11) is 0. The van der Waals surface area contributed by atoms with Crippen LogP contribution in [0.15, 0.2) is 75.9 Å². The summed E-state index contributed by atoms with van der Waals surface area (Å²) in [5, 5.41) is 5.78. The van der Waals surface area contributed by atoms with Gasteiger partial charge < -0.3 is 8.83 Å². The van der Waals surface area contributed by atoms with Gasteiger partial charge in [0.1, 0.15) is 16.9 Å². The lowest BCUT2D eigenvalue weighted by Crippen LogP contribution is -2.12. The summed E-state index contributed by atoms with van der Waals surface area (Å²) in [6, 6.07) is 19.1. The van der Waals surface area contributed by atoms with E-state index in [0.29, 0.717) is 0 Å². The van der Waals surface area contributed by atoms with Crippen molar-refractivity contribution < 1.29 is 8.83 Å². The standard InChI is InChI=1S/C28H23NO2/c1-16-15-30-22-9-10-23-25(24(16)22)20-11-12-29-26(27(20)31-23)18-13-17-7-5-6-8-19(17)21(14-18)28(2,3)4/h5-15H,1-4H3. The highest BCUT2D eigenvalue weighted by Gasteiger charge is 2.21. The van der Waals surface area contributed by atoms with Gasteiger partial charge in [-0.1, -0.05) is 45.0 Å². The van der Waals surface area contributed by atoms with E-state index in [1.165, 1.54) is 16.3 Å². The average molecular weight is 405 g/mol. The minimum absolute atomic E-state index is 0.0114. The summed E-state index contributed by atoms with van der Waals surface area (Å²) in [5.74, 6) is 0. The number of benzene rings is 3. The molecule has 3 heteroatoms. The highest BCUT2D eigenvalue weighted by Crippen LogP contribution is 2.41. The molecule has 0 aliphatic rings. The van der Waals surface area contributed by atoms with Crippen molar-refractivity contribution in [3.63, 3.8) is 0 Å². The molecule has 152 valence electrons. The van der Waals surface area contributed by atoms with Crippen molar-refractivity contribution in [1.29, 1.82) is 0 Å². The van der Waals surface area contributed by atoms with Crippen molar-refractivity contribution in [3.8, 4) is 11.3 Å². The maximum absolute atomic E-state index is 6.40. The molecule has 0 aliphatic heterocycles. The van der Waals surface area contributed by atoms with E-state index in [0.717, 1.165) is 49.7 Å². The summed E-state index contributed by atoms with van der Waals surface area (Å²) in [4.78, 5) is 4.78. The monoisotopic (exact) mass is 405 g/mol. The molecule has 6 aromatic rings. The molecule has 0 N–H and O–H groups in total. The molecule has 0 saturated heterocycles. The van der Waals surface area contributed by atoms with Crippen molar-refractivity contribution in [2.24, 2.45) is 0 Å². The molecule has 3 aromatic carbocycles. The van der Waals surface area contributed by atoms with Gasteiger partial charge in [0, 0.05) is 27.9 Å². The average Bonchev–Trinajstić information content (AvgIpc) is 3.32. The summed E-state index contributed by atoms with van der Waals surface area (Å²) in [6.07, 6.45) is 3.69. The molecular weight excluding hydrogens is 382 g/mol. The molecule has 6 rings (SSSR count). The smallest absolute Gasteiger partial charge is 0.161 e. The summed E-state index contributed by atoms with van der Waals surface area (Å²) >= 11 is 0. The second-order valence-corrected chi connectivity index (χ2v) is 9.36. The van der Waals surface area contributed by atoms with Crippen LogP contribution in [0.25, 0.3) is 54.9 Å². The fraction of sp³-hybridized carbons (Fsp3) is 0.179. The maximum Gasteiger partial charge on any atom is 0.161 e. The first-order valence-electron chi connectivity index (χ1n) is 10.6. The van der Waals surface area contributed by atoms with Gasteiger partial charge in [-0.15, -0.1) is 0 Å². The number of fused-ring (bicyclic) bond motifs is 6. The molecule has 0 aliphatic carbocycles. The van der Waals surface area contributed by atoms with Crippen LogP contribution in [0.1, 0.15) is 31.9 Å². The molecule has 0 spiro atoms. The van der Waals surface area contributed by atoms with Gasteiger partial charge >= 0.3 is 0 Å². The number of rotatable bonds is 1. The van der Waals surface area contributed by atoms with Gasteiger partial charge in [0.05, 0.1) is 6.26 Å². The van der Waals surface area contributed by atoms with Crippen molar-refractivity contribution >= 4 is 43.7 Å². The van der Waals surface area contributed by atoms with E-state index in [1.54, 1.807) is 0 Å². The Kier molecular flexibility index (Phi) is 3.64. The third-order valence-corrected chi connectivity index (χ3v) is 6.22. The molecule has 0 unspecified atom stereocenters. The van der Waals surface area contributed by atoms with Crippen LogP contribution < -0.4 is 0 Å². The molecule has 0 fully saturated rings. The lowest BCUT2D eigenvalue weighted by Gasteiger charge is -2.22. The number of aromatic nitrogens is 1. The van der Waals surface area contributed by atoms with Crippen LogP contribution in [0.3, 0.4) is 0 Å². The zero-order valence-corrected chi connectivity index (χ0v) is 18.1. The summed E-state index contributed by atoms with van der Waals surface area (Å²) in [5.41, 5.74) is 6.95. The van der Waals surface area contributed by atoms with Crippen LogP contribution >= 0.6 is 0 Å². The summed E-state index contributed by atoms with van der Waals surface area (Å²) in [6.45, 7) is 8.84. The number of hydrogen-bond acceptors (Lipinski definition) is 3. The molecular formula is C28H23NO2. The first-order chi connectivity index (χ1) is 14.9. The van der Waals surface area contributed by atoms with E-state index in [9.17, 15) is 0 Å². The predicted molar refractivity (Wildman–Crippen MR) is 128 cm³/mol. The maximum atomic E-state index is 6.40. The molecule has 0 saturated carbocycles. The zero-order valence-electron chi connectivity index (χ0n) is 18.1. The second kappa shape index (κ2) is 6.21. The topological polar surface area (TPSA) is 39.2 Å². The van der Waals surface area contributed by atoms with Gasteiger partial charge in [0.2, 0.25) is 0 Å². The van der Waals surface area contributed by atoms with Crippen LogP contribution in [0, 0.1) is 6.92 Å². The molecule has 3 aromatic heterocycles. The third kappa shape index (κ3) is 2.63. The van der Waals surface area contributed by atoms with Gasteiger partial charge in [-0.05, 0) is 64.6 Å². The largest absolute Gasteiger partial charge is 0.464 e. The minimum atomic E-state index is 0.0114. The normalized spacial score (nSPS) is 12.5. The minimum Gasteiger partial charge on any atom is -0.464 e. The van der Waals surface area contributed by atoms with Gasteiger partial charge in [-0.25, -0.2) is 0 Å². The van der Waals surface area contributed by atoms with E-state index in [4.69, 9.17) is 13.8 Å². The van der Waals surface area contributed by atoms with Crippen LogP contribution in [0.5, 0.6) is 0 Å². The molecule has 0 amide bonds. The fourth-order valence-electron chi connectivity index (χ4n) is 4.75. The Balaban J connectivity index is 1.72. The Bertz CT molecular complexity index is 1630. The van der Waals surface area contributed by atoms with Crippen molar-refractivity contribution in [1.82, 2.24) is 4.98 Å². The van der Waals surface area contributed by atoms with Gasteiger partial charge in [-0.2, -0.15) is 0 Å². The number of pyridine rings is 1.